The number of hydrogen-bond acceptors (Lipinski definition) is 9. The van der Waals surface area contributed by atoms with Gasteiger partial charge >= 0.3 is 0 Å². The van der Waals surface area contributed by atoms with Gasteiger partial charge in [-0.25, -0.2) is 13.1 Å². The molecule has 4 rings (SSSR count). The highest BCUT2D eigenvalue weighted by molar-refractivity contribution is 7.95. The number of aromatic nitrogens is 2. The van der Waals surface area contributed by atoms with Crippen LogP contribution in [0, 0.1) is 5.41 Å². The summed E-state index contributed by atoms with van der Waals surface area (Å²) in [4.78, 5) is 13.8. The molecule has 3 heterocycles. The van der Waals surface area contributed by atoms with E-state index in [-0.39, 0.29) is 45.3 Å². The van der Waals surface area contributed by atoms with E-state index in [1.807, 2.05) is 20.8 Å². The van der Waals surface area contributed by atoms with Gasteiger partial charge < -0.3 is 10.4 Å². The Hall–Kier alpha value is -3.49. The predicted molar refractivity (Wildman–Crippen MR) is 149 cm³/mol. The molecule has 14 heteroatoms. The number of nitrogens with one attached hydrogen (secondary N) is 1. The molecule has 0 saturated heterocycles. The van der Waals surface area contributed by atoms with Crippen molar-refractivity contribution in [2.45, 2.75) is 38.6 Å². The van der Waals surface area contributed by atoms with E-state index < -0.39 is 31.4 Å². The number of sulfonamides is 2. The van der Waals surface area contributed by atoms with E-state index in [1.165, 1.54) is 35.2 Å². The number of rotatable bonds is 7. The zero-order valence-electron chi connectivity index (χ0n) is 21.2. The number of amidine groups is 1. The minimum Gasteiger partial charge on any atom is -0.505 e. The average molecular weight is 578 g/mol. The molecule has 0 unspecified atom stereocenters. The third-order valence-corrected chi connectivity index (χ3v) is 9.45. The Balaban J connectivity index is 1.87. The maximum atomic E-state index is 13.5. The summed E-state index contributed by atoms with van der Waals surface area (Å²) in [5.41, 5.74) is -0.883. The van der Waals surface area contributed by atoms with Gasteiger partial charge in [0.05, 0.1) is 16.3 Å². The molecule has 0 saturated carbocycles. The third kappa shape index (κ3) is 5.24. The molecular weight excluding hydrogens is 550 g/mol. The first kappa shape index (κ1) is 27.5. The molecule has 202 valence electrons. The van der Waals surface area contributed by atoms with Crippen molar-refractivity contribution in [3.8, 4) is 16.3 Å². The lowest BCUT2D eigenvalue weighted by Gasteiger charge is -2.23. The quantitative estimate of drug-likeness (QED) is 0.432. The summed E-state index contributed by atoms with van der Waals surface area (Å²) in [6, 6.07) is 7.42. The van der Waals surface area contributed by atoms with Gasteiger partial charge in [0.25, 0.3) is 25.6 Å². The molecule has 38 heavy (non-hydrogen) atoms. The molecule has 1 aliphatic heterocycles. The third-order valence-electron chi connectivity index (χ3n) is 5.86. The molecule has 2 N–H and O–H groups in total. The summed E-state index contributed by atoms with van der Waals surface area (Å²) in [5.74, 6) is -0.854. The smallest absolute Gasteiger partial charge is 0.286 e. The molecule has 0 amide bonds. The zero-order chi connectivity index (χ0) is 28.0. The lowest BCUT2D eigenvalue weighted by molar-refractivity contribution is 0.335. The second-order valence-corrected chi connectivity index (χ2v) is 14.2. The molecule has 2 aromatic heterocycles. The van der Waals surface area contributed by atoms with E-state index in [0.29, 0.717) is 11.3 Å². The fraction of sp³-hybridized carbons (Fsp3) is 0.292. The van der Waals surface area contributed by atoms with Gasteiger partial charge in [0.2, 0.25) is 0 Å². The lowest BCUT2D eigenvalue weighted by Crippen LogP contribution is -2.34. The first-order valence-corrected chi connectivity index (χ1v) is 15.2. The molecule has 0 radical (unpaired) electrons. The Kier molecular flexibility index (Phi) is 7.01. The number of aryl methyl sites for hydroxylation is 1. The maximum Gasteiger partial charge on any atom is 0.286 e. The number of hydrogen-bond donors (Lipinski definition) is 2. The van der Waals surface area contributed by atoms with Gasteiger partial charge in [-0.2, -0.15) is 13.5 Å². The van der Waals surface area contributed by atoms with Crippen molar-refractivity contribution in [2.75, 3.05) is 16.7 Å². The van der Waals surface area contributed by atoms with Gasteiger partial charge in [-0.3, -0.25) is 9.10 Å². The minimum atomic E-state index is -4.40. The fourth-order valence-electron chi connectivity index (χ4n) is 3.66. The van der Waals surface area contributed by atoms with Gasteiger partial charge in [0.1, 0.15) is 16.2 Å². The van der Waals surface area contributed by atoms with Crippen molar-refractivity contribution in [1.29, 1.82) is 0 Å². The molecule has 11 nitrogen and oxygen atoms in total. The highest BCUT2D eigenvalue weighted by atomic mass is 32.2. The van der Waals surface area contributed by atoms with Gasteiger partial charge in [0, 0.05) is 19.0 Å². The van der Waals surface area contributed by atoms with Crippen molar-refractivity contribution < 1.29 is 21.9 Å². The number of aromatic hydroxyl groups is 1. The number of nitrogens with zero attached hydrogens (tertiary/aromatic N) is 4. The van der Waals surface area contributed by atoms with Crippen LogP contribution in [0.2, 0.25) is 0 Å². The Morgan fingerprint density at radius 1 is 1.26 bits per heavy atom. The SMILES string of the molecule is C=CS(=O)(=O)N(C)c1ccc2c(c1)S(=O)(=O)N=C(c1c(O)c(-c3cccs3)nn(CCC(C)(C)C)c1=O)N2. The van der Waals surface area contributed by atoms with Crippen LogP contribution in [0.15, 0.2) is 61.8 Å². The molecular formula is C24H27N5O6S3. The molecule has 0 bridgehead atoms. The summed E-state index contributed by atoms with van der Waals surface area (Å²) in [6.07, 6.45) is 0.596. The molecule has 0 fully saturated rings. The largest absolute Gasteiger partial charge is 0.505 e. The van der Waals surface area contributed by atoms with Gasteiger partial charge in [0.15, 0.2) is 11.6 Å². The molecule has 0 atom stereocenters. The summed E-state index contributed by atoms with van der Waals surface area (Å²) >= 11 is 1.30. The van der Waals surface area contributed by atoms with Gasteiger partial charge in [-0.1, -0.05) is 33.4 Å². The van der Waals surface area contributed by atoms with Crippen LogP contribution in [0.1, 0.15) is 32.8 Å². The van der Waals surface area contributed by atoms with Gasteiger partial charge in [-0.05, 0) is 41.5 Å². The maximum absolute atomic E-state index is 13.5. The monoisotopic (exact) mass is 577 g/mol. The first-order valence-electron chi connectivity index (χ1n) is 11.4. The van der Waals surface area contributed by atoms with E-state index in [2.05, 4.69) is 21.4 Å². The van der Waals surface area contributed by atoms with Crippen LogP contribution in [0.3, 0.4) is 0 Å². The van der Waals surface area contributed by atoms with Crippen LogP contribution in [0.5, 0.6) is 5.75 Å². The molecule has 1 aromatic carbocycles. The van der Waals surface area contributed by atoms with Crippen molar-refractivity contribution in [2.24, 2.45) is 9.81 Å². The number of anilines is 2. The fourth-order valence-corrected chi connectivity index (χ4v) is 6.14. The van der Waals surface area contributed by atoms with E-state index in [1.54, 1.807) is 17.5 Å². The first-order chi connectivity index (χ1) is 17.6. The molecule has 0 spiro atoms. The highest BCUT2D eigenvalue weighted by Crippen LogP contribution is 2.36. The second-order valence-electron chi connectivity index (χ2n) is 9.79. The summed E-state index contributed by atoms with van der Waals surface area (Å²) in [6.45, 7) is 9.55. The normalized spacial score (nSPS) is 14.8. The number of thiophene rings is 1. The topological polar surface area (TPSA) is 151 Å². The van der Waals surface area contributed by atoms with E-state index >= 15 is 0 Å². The molecule has 3 aromatic rings. The number of benzene rings is 1. The van der Waals surface area contributed by atoms with Crippen molar-refractivity contribution in [3.05, 3.63) is 63.6 Å². The zero-order valence-corrected chi connectivity index (χ0v) is 23.6. The van der Waals surface area contributed by atoms with Crippen molar-refractivity contribution in [1.82, 2.24) is 9.78 Å². The van der Waals surface area contributed by atoms with Crippen LogP contribution < -0.4 is 15.2 Å². The molecule has 1 aliphatic rings. The predicted octanol–water partition coefficient (Wildman–Crippen LogP) is 3.58. The van der Waals surface area contributed by atoms with Crippen LogP contribution in [-0.2, 0) is 26.6 Å². The van der Waals surface area contributed by atoms with Crippen LogP contribution in [0.4, 0.5) is 11.4 Å². The van der Waals surface area contributed by atoms with Crippen molar-refractivity contribution >= 4 is 48.6 Å². The van der Waals surface area contributed by atoms with Crippen LogP contribution in [-0.4, -0.2) is 44.6 Å². The average Bonchev–Trinajstić information content (AvgIpc) is 3.37. The highest BCUT2D eigenvalue weighted by Gasteiger charge is 2.32. The Morgan fingerprint density at radius 3 is 2.58 bits per heavy atom. The van der Waals surface area contributed by atoms with E-state index in [9.17, 15) is 26.7 Å². The summed E-state index contributed by atoms with van der Waals surface area (Å²) in [7, 11) is -7.00. The van der Waals surface area contributed by atoms with E-state index in [0.717, 1.165) is 15.8 Å². The van der Waals surface area contributed by atoms with Crippen LogP contribution in [0.25, 0.3) is 10.6 Å². The van der Waals surface area contributed by atoms with Crippen LogP contribution >= 0.6 is 11.3 Å². The van der Waals surface area contributed by atoms with Gasteiger partial charge in [-0.15, -0.1) is 15.7 Å². The standard InChI is InChI=1S/C24H27N5O6S3/c1-6-37(32,33)28(5)15-9-10-16-18(14-15)38(34,35)27-22(25-16)19-21(30)20(17-8-7-13-36-17)26-29(23(19)31)12-11-24(2,3)4/h6-10,13-14,30H,1,11-12H2,2-5H3,(H,25,27). The Morgan fingerprint density at radius 2 is 1.97 bits per heavy atom. The van der Waals surface area contributed by atoms with Crippen molar-refractivity contribution in [3.63, 3.8) is 0 Å². The van der Waals surface area contributed by atoms with E-state index in [4.69, 9.17) is 0 Å². The Bertz CT molecular complexity index is 1720. The second kappa shape index (κ2) is 9.67. The minimum absolute atomic E-state index is 0.0673. The summed E-state index contributed by atoms with van der Waals surface area (Å²) < 4.78 is 56.6. The lowest BCUT2D eigenvalue weighted by atomic mass is 9.92. The molecule has 0 aliphatic carbocycles. The Labute approximate surface area is 224 Å². The summed E-state index contributed by atoms with van der Waals surface area (Å²) in [5, 5.41) is 20.9. The number of fused-ring (bicyclic) bond motifs is 1.